The van der Waals surface area contributed by atoms with E-state index in [2.05, 4.69) is 15.3 Å². The lowest BCUT2D eigenvalue weighted by Gasteiger charge is -2.08. The molecule has 0 aliphatic rings. The van der Waals surface area contributed by atoms with Crippen LogP contribution in [0.2, 0.25) is 0 Å². The number of carbonyl (C=O) groups is 1. The summed E-state index contributed by atoms with van der Waals surface area (Å²) >= 11 is 0. The summed E-state index contributed by atoms with van der Waals surface area (Å²) in [5.74, 6) is 1.64. The maximum absolute atomic E-state index is 12.9. The normalized spacial score (nSPS) is 10.9. The first-order valence-electron chi connectivity index (χ1n) is 8.54. The van der Waals surface area contributed by atoms with Crippen LogP contribution in [0.15, 0.2) is 46.9 Å². The van der Waals surface area contributed by atoms with Crippen molar-refractivity contribution in [2.75, 3.05) is 5.32 Å². The van der Waals surface area contributed by atoms with E-state index in [1.807, 2.05) is 20.8 Å². The predicted molar refractivity (Wildman–Crippen MR) is 98.3 cm³/mol. The smallest absolute Gasteiger partial charge is 0.292 e. The number of amides is 1. The van der Waals surface area contributed by atoms with Crippen LogP contribution in [0.3, 0.4) is 0 Å². The van der Waals surface area contributed by atoms with Crippen LogP contribution in [0.4, 0.5) is 10.2 Å². The van der Waals surface area contributed by atoms with Gasteiger partial charge in [0.05, 0.1) is 0 Å². The van der Waals surface area contributed by atoms with Crippen molar-refractivity contribution in [3.8, 4) is 5.75 Å². The zero-order valence-corrected chi connectivity index (χ0v) is 15.3. The van der Waals surface area contributed by atoms with Crippen LogP contribution in [0, 0.1) is 12.7 Å². The molecule has 3 rings (SSSR count). The minimum atomic E-state index is -0.407. The molecule has 0 fully saturated rings. The van der Waals surface area contributed by atoms with Gasteiger partial charge in [-0.05, 0) is 43.3 Å². The number of halogens is 1. The molecule has 0 bridgehead atoms. The highest BCUT2D eigenvalue weighted by Crippen LogP contribution is 2.17. The molecule has 7 heteroatoms. The van der Waals surface area contributed by atoms with Crippen molar-refractivity contribution in [1.82, 2.24) is 9.97 Å². The Morgan fingerprint density at radius 2 is 1.93 bits per heavy atom. The number of benzene rings is 1. The second-order valence-electron chi connectivity index (χ2n) is 6.37. The van der Waals surface area contributed by atoms with Gasteiger partial charge >= 0.3 is 0 Å². The second kappa shape index (κ2) is 7.99. The first kappa shape index (κ1) is 18.6. The van der Waals surface area contributed by atoms with Gasteiger partial charge in [0.2, 0.25) is 0 Å². The Kier molecular flexibility index (Phi) is 5.49. The Labute approximate surface area is 156 Å². The van der Waals surface area contributed by atoms with Crippen molar-refractivity contribution in [3.05, 3.63) is 71.3 Å². The van der Waals surface area contributed by atoms with Gasteiger partial charge in [-0.25, -0.2) is 14.4 Å². The number of furan rings is 1. The molecule has 3 aromatic rings. The summed E-state index contributed by atoms with van der Waals surface area (Å²) in [4.78, 5) is 21.1. The zero-order valence-electron chi connectivity index (χ0n) is 15.3. The molecule has 2 aromatic heterocycles. The van der Waals surface area contributed by atoms with E-state index < -0.39 is 5.91 Å². The number of carbonyl (C=O) groups excluding carboxylic acids is 1. The van der Waals surface area contributed by atoms with Gasteiger partial charge < -0.3 is 14.5 Å². The van der Waals surface area contributed by atoms with Crippen molar-refractivity contribution < 1.29 is 18.3 Å². The molecule has 1 amide bonds. The highest BCUT2D eigenvalue weighted by atomic mass is 19.1. The van der Waals surface area contributed by atoms with E-state index in [4.69, 9.17) is 9.15 Å². The first-order valence-corrected chi connectivity index (χ1v) is 8.54. The molecular weight excluding hydrogens is 349 g/mol. The molecular formula is C20H20FN3O3. The van der Waals surface area contributed by atoms with E-state index >= 15 is 0 Å². The summed E-state index contributed by atoms with van der Waals surface area (Å²) in [5, 5.41) is 2.72. The van der Waals surface area contributed by atoms with Crippen molar-refractivity contribution in [2.45, 2.75) is 33.3 Å². The van der Waals surface area contributed by atoms with Gasteiger partial charge in [0, 0.05) is 17.7 Å². The highest BCUT2D eigenvalue weighted by molar-refractivity contribution is 6.01. The van der Waals surface area contributed by atoms with Gasteiger partial charge in [0.1, 0.15) is 35.6 Å². The van der Waals surface area contributed by atoms with Crippen molar-refractivity contribution in [2.24, 2.45) is 0 Å². The summed E-state index contributed by atoms with van der Waals surface area (Å²) in [7, 11) is 0. The number of nitrogens with one attached hydrogen (secondary N) is 1. The molecule has 0 aliphatic carbocycles. The van der Waals surface area contributed by atoms with E-state index in [9.17, 15) is 9.18 Å². The van der Waals surface area contributed by atoms with Gasteiger partial charge in [-0.3, -0.25) is 4.79 Å². The van der Waals surface area contributed by atoms with Crippen molar-refractivity contribution >= 4 is 11.7 Å². The number of aromatic nitrogens is 2. The van der Waals surface area contributed by atoms with Crippen LogP contribution >= 0.6 is 0 Å². The number of rotatable bonds is 6. The summed E-state index contributed by atoms with van der Waals surface area (Å²) in [6, 6.07) is 10.6. The molecule has 0 atom stereocenters. The Hall–Kier alpha value is -3.22. The Morgan fingerprint density at radius 3 is 2.63 bits per heavy atom. The Bertz CT molecular complexity index is 936. The van der Waals surface area contributed by atoms with Crippen LogP contribution < -0.4 is 10.1 Å². The maximum Gasteiger partial charge on any atom is 0.292 e. The lowest BCUT2D eigenvalue weighted by molar-refractivity contribution is 0.0992. The Balaban J connectivity index is 1.64. The van der Waals surface area contributed by atoms with Gasteiger partial charge in [0.25, 0.3) is 5.91 Å². The van der Waals surface area contributed by atoms with Gasteiger partial charge in [-0.2, -0.15) is 0 Å². The van der Waals surface area contributed by atoms with Crippen molar-refractivity contribution in [3.63, 3.8) is 0 Å². The fourth-order valence-corrected chi connectivity index (χ4v) is 2.35. The predicted octanol–water partition coefficient (Wildman–Crippen LogP) is 4.47. The zero-order chi connectivity index (χ0) is 19.4. The molecule has 140 valence electrons. The van der Waals surface area contributed by atoms with E-state index in [0.717, 1.165) is 5.69 Å². The number of ether oxygens (including phenoxy) is 1. The van der Waals surface area contributed by atoms with Crippen LogP contribution in [0.5, 0.6) is 5.75 Å². The molecule has 0 aliphatic heterocycles. The quantitative estimate of drug-likeness (QED) is 0.693. The number of nitrogens with zero attached hydrogens (tertiary/aromatic N) is 2. The third kappa shape index (κ3) is 4.91. The molecule has 6 nitrogen and oxygen atoms in total. The number of anilines is 1. The van der Waals surface area contributed by atoms with E-state index in [1.54, 1.807) is 18.2 Å². The average Bonchev–Trinajstić information content (AvgIpc) is 3.10. The molecule has 0 saturated heterocycles. The monoisotopic (exact) mass is 369 g/mol. The molecule has 0 saturated carbocycles. The lowest BCUT2D eigenvalue weighted by atomic mass is 10.2. The molecule has 0 radical (unpaired) electrons. The fourth-order valence-electron chi connectivity index (χ4n) is 2.35. The third-order valence-corrected chi connectivity index (χ3v) is 3.71. The number of aryl methyl sites for hydroxylation is 1. The molecule has 1 N–H and O–H groups in total. The summed E-state index contributed by atoms with van der Waals surface area (Å²) < 4.78 is 23.9. The largest absolute Gasteiger partial charge is 0.486 e. The standard InChI is InChI=1S/C20H20FN3O3/c1-12(2)19-22-13(3)10-18(23-19)24-20(25)17-9-8-16(27-17)11-26-15-6-4-14(21)5-7-15/h4-10,12H,11H2,1-3H3,(H,22,23,24,25). The van der Waals surface area contributed by atoms with Gasteiger partial charge in [-0.15, -0.1) is 0 Å². The van der Waals surface area contributed by atoms with Gasteiger partial charge in [0.15, 0.2) is 5.76 Å². The summed E-state index contributed by atoms with van der Waals surface area (Å²) in [6.45, 7) is 5.95. The molecule has 0 spiro atoms. The van der Waals surface area contributed by atoms with Crippen LogP contribution in [0.1, 0.15) is 47.6 Å². The van der Waals surface area contributed by atoms with E-state index in [-0.39, 0.29) is 24.1 Å². The SMILES string of the molecule is Cc1cc(NC(=O)c2ccc(COc3ccc(F)cc3)o2)nc(C(C)C)n1. The molecule has 2 heterocycles. The second-order valence-corrected chi connectivity index (χ2v) is 6.37. The number of hydrogen-bond donors (Lipinski definition) is 1. The average molecular weight is 369 g/mol. The van der Waals surface area contributed by atoms with Gasteiger partial charge in [-0.1, -0.05) is 13.8 Å². The third-order valence-electron chi connectivity index (χ3n) is 3.71. The molecule has 0 unspecified atom stereocenters. The summed E-state index contributed by atoms with van der Waals surface area (Å²) in [6.07, 6.45) is 0. The Morgan fingerprint density at radius 1 is 1.19 bits per heavy atom. The molecule has 1 aromatic carbocycles. The van der Waals surface area contributed by atoms with Crippen LogP contribution in [0.25, 0.3) is 0 Å². The highest BCUT2D eigenvalue weighted by Gasteiger charge is 2.14. The van der Waals surface area contributed by atoms with Crippen molar-refractivity contribution in [1.29, 1.82) is 0 Å². The van der Waals surface area contributed by atoms with E-state index in [1.165, 1.54) is 24.3 Å². The fraction of sp³-hybridized carbons (Fsp3) is 0.250. The molecule has 27 heavy (non-hydrogen) atoms. The van der Waals surface area contributed by atoms with E-state index in [0.29, 0.717) is 23.2 Å². The maximum atomic E-state index is 12.9. The lowest BCUT2D eigenvalue weighted by Crippen LogP contribution is -2.14. The minimum Gasteiger partial charge on any atom is -0.486 e. The van der Waals surface area contributed by atoms with Crippen LogP contribution in [-0.4, -0.2) is 15.9 Å². The first-order chi connectivity index (χ1) is 12.9. The van der Waals surface area contributed by atoms with Crippen LogP contribution in [-0.2, 0) is 6.61 Å². The topological polar surface area (TPSA) is 77.2 Å². The number of hydrogen-bond acceptors (Lipinski definition) is 5. The summed E-state index contributed by atoms with van der Waals surface area (Å²) in [5.41, 5.74) is 0.775. The minimum absolute atomic E-state index is 0.128.